The zero-order chi connectivity index (χ0) is 16.6. The van der Waals surface area contributed by atoms with Crippen molar-refractivity contribution in [3.05, 3.63) is 40.9 Å². The van der Waals surface area contributed by atoms with Gasteiger partial charge in [0.05, 0.1) is 5.92 Å². The van der Waals surface area contributed by atoms with Crippen molar-refractivity contribution in [1.82, 2.24) is 4.98 Å². The molecule has 1 atom stereocenters. The number of hydrogen-bond donors (Lipinski definition) is 1. The zero-order valence-corrected chi connectivity index (χ0v) is 13.5. The summed E-state index contributed by atoms with van der Waals surface area (Å²) in [5.74, 6) is -1.02. The summed E-state index contributed by atoms with van der Waals surface area (Å²) in [6.07, 6.45) is 0.0508. The molecule has 1 aliphatic heterocycles. The third kappa shape index (κ3) is 2.87. The van der Waals surface area contributed by atoms with Gasteiger partial charge in [-0.15, -0.1) is 11.3 Å². The number of aromatic nitrogens is 1. The Morgan fingerprint density at radius 1 is 1.35 bits per heavy atom. The van der Waals surface area contributed by atoms with E-state index >= 15 is 0 Å². The summed E-state index contributed by atoms with van der Waals surface area (Å²) in [5, 5.41) is 4.62. The molecule has 1 aromatic heterocycles. The highest BCUT2D eigenvalue weighted by Crippen LogP contribution is 2.38. The third-order valence-corrected chi connectivity index (χ3v) is 4.56. The minimum Gasteiger partial charge on any atom is -0.315 e. The number of rotatable bonds is 4. The molecule has 3 rings (SSSR count). The van der Waals surface area contributed by atoms with Gasteiger partial charge in [0.2, 0.25) is 11.8 Å². The number of likely N-dealkylation sites (N-methyl/N-ethyl adjacent to an activating group) is 1. The van der Waals surface area contributed by atoms with Crippen LogP contribution in [0.3, 0.4) is 0 Å². The molecule has 0 saturated heterocycles. The Morgan fingerprint density at radius 3 is 2.78 bits per heavy atom. The van der Waals surface area contributed by atoms with Crippen LogP contribution in [-0.4, -0.2) is 29.6 Å². The van der Waals surface area contributed by atoms with Crippen LogP contribution in [0, 0.1) is 0 Å². The van der Waals surface area contributed by atoms with E-state index < -0.39 is 5.92 Å². The van der Waals surface area contributed by atoms with Crippen LogP contribution < -0.4 is 10.2 Å². The predicted molar refractivity (Wildman–Crippen MR) is 88.0 cm³/mol. The van der Waals surface area contributed by atoms with Gasteiger partial charge in [-0.1, -0.05) is 18.2 Å². The molecule has 0 saturated carbocycles. The topological polar surface area (TPSA) is 79.4 Å². The van der Waals surface area contributed by atoms with E-state index in [1.165, 1.54) is 18.3 Å². The number of nitrogens with one attached hydrogen (secondary N) is 1. The lowest BCUT2D eigenvalue weighted by Crippen LogP contribution is -2.26. The van der Waals surface area contributed by atoms with E-state index in [2.05, 4.69) is 10.3 Å². The lowest BCUT2D eigenvalue weighted by Gasteiger charge is -2.10. The first-order valence-corrected chi connectivity index (χ1v) is 7.98. The van der Waals surface area contributed by atoms with Crippen molar-refractivity contribution in [3.8, 4) is 0 Å². The molecule has 23 heavy (non-hydrogen) atoms. The van der Waals surface area contributed by atoms with Gasteiger partial charge < -0.3 is 10.2 Å². The van der Waals surface area contributed by atoms with Crippen molar-refractivity contribution < 1.29 is 14.4 Å². The van der Waals surface area contributed by atoms with Gasteiger partial charge in [0.1, 0.15) is 5.69 Å². The molecule has 2 aromatic rings. The number of para-hydroxylation sites is 1. The summed E-state index contributed by atoms with van der Waals surface area (Å²) in [7, 11) is 1.71. The SMILES string of the molecule is CC(=O)c1csc(NC(=O)CC2C(=O)N(C)c3ccccc32)n1. The average molecular weight is 329 g/mol. The molecule has 0 spiro atoms. The largest absolute Gasteiger partial charge is 0.315 e. The summed E-state index contributed by atoms with van der Waals surface area (Å²) in [6, 6.07) is 7.46. The van der Waals surface area contributed by atoms with Crippen LogP contribution in [0.2, 0.25) is 0 Å². The molecule has 0 radical (unpaired) electrons. The molecule has 6 nitrogen and oxygen atoms in total. The Balaban J connectivity index is 1.73. The fourth-order valence-electron chi connectivity index (χ4n) is 2.62. The second-order valence-electron chi connectivity index (χ2n) is 5.36. The number of Topliss-reactive ketones (excluding diaryl/α,β-unsaturated/α-hetero) is 1. The standard InChI is InChI=1S/C16H15N3O3S/c1-9(20)12-8-23-16(17-12)18-14(21)7-11-10-5-3-4-6-13(10)19(2)15(11)22/h3-6,8,11H,7H2,1-2H3,(H,17,18,21). The minimum atomic E-state index is -0.483. The number of anilines is 2. The van der Waals surface area contributed by atoms with Crippen LogP contribution in [0.15, 0.2) is 29.6 Å². The number of thiazole rings is 1. The Morgan fingerprint density at radius 2 is 2.09 bits per heavy atom. The van der Waals surface area contributed by atoms with Crippen LogP contribution in [0.5, 0.6) is 0 Å². The Kier molecular flexibility index (Phi) is 3.96. The molecular formula is C16H15N3O3S. The maximum absolute atomic E-state index is 12.3. The van der Waals surface area contributed by atoms with Crippen molar-refractivity contribution >= 4 is 39.8 Å². The number of ketones is 1. The first kappa shape index (κ1) is 15.4. The van der Waals surface area contributed by atoms with Gasteiger partial charge in [-0.25, -0.2) is 4.98 Å². The molecule has 0 bridgehead atoms. The van der Waals surface area contributed by atoms with Crippen molar-refractivity contribution in [2.24, 2.45) is 0 Å². The van der Waals surface area contributed by atoms with Crippen LogP contribution in [0.1, 0.15) is 35.3 Å². The number of carbonyl (C=O) groups excluding carboxylic acids is 3. The van der Waals surface area contributed by atoms with E-state index in [1.807, 2.05) is 24.3 Å². The van der Waals surface area contributed by atoms with Gasteiger partial charge >= 0.3 is 0 Å². The number of fused-ring (bicyclic) bond motifs is 1. The highest BCUT2D eigenvalue weighted by molar-refractivity contribution is 7.14. The van der Waals surface area contributed by atoms with Gasteiger partial charge in [0.15, 0.2) is 10.9 Å². The molecule has 1 unspecified atom stereocenters. The Bertz CT molecular complexity index is 799. The molecular weight excluding hydrogens is 314 g/mol. The normalized spacial score (nSPS) is 16.3. The van der Waals surface area contributed by atoms with E-state index in [-0.39, 0.29) is 24.0 Å². The van der Waals surface area contributed by atoms with Crippen molar-refractivity contribution in [2.75, 3.05) is 17.3 Å². The molecule has 0 fully saturated rings. The summed E-state index contributed by atoms with van der Waals surface area (Å²) in [4.78, 5) is 41.4. The number of amides is 2. The molecule has 1 N–H and O–H groups in total. The monoisotopic (exact) mass is 329 g/mol. The van der Waals surface area contributed by atoms with Crippen LogP contribution >= 0.6 is 11.3 Å². The van der Waals surface area contributed by atoms with Gasteiger partial charge in [0, 0.05) is 31.5 Å². The van der Waals surface area contributed by atoms with Crippen LogP contribution in [0.25, 0.3) is 0 Å². The summed E-state index contributed by atoms with van der Waals surface area (Å²) in [5.41, 5.74) is 2.02. The summed E-state index contributed by atoms with van der Waals surface area (Å²) < 4.78 is 0. The van der Waals surface area contributed by atoms with Gasteiger partial charge in [-0.3, -0.25) is 14.4 Å². The second-order valence-corrected chi connectivity index (χ2v) is 6.21. The van der Waals surface area contributed by atoms with E-state index in [4.69, 9.17) is 0 Å². The first-order valence-electron chi connectivity index (χ1n) is 7.10. The van der Waals surface area contributed by atoms with Crippen molar-refractivity contribution in [1.29, 1.82) is 0 Å². The number of hydrogen-bond acceptors (Lipinski definition) is 5. The number of carbonyl (C=O) groups is 3. The summed E-state index contributed by atoms with van der Waals surface area (Å²) in [6.45, 7) is 1.42. The maximum Gasteiger partial charge on any atom is 0.234 e. The molecule has 2 amide bonds. The first-order chi connectivity index (χ1) is 11.0. The van der Waals surface area contributed by atoms with Gasteiger partial charge in [0.25, 0.3) is 0 Å². The average Bonchev–Trinajstić information content (AvgIpc) is 3.07. The number of benzene rings is 1. The van der Waals surface area contributed by atoms with Crippen molar-refractivity contribution in [2.45, 2.75) is 19.3 Å². The fraction of sp³-hybridized carbons (Fsp3) is 0.250. The quantitative estimate of drug-likeness (QED) is 0.874. The third-order valence-electron chi connectivity index (χ3n) is 3.80. The van der Waals surface area contributed by atoms with Gasteiger partial charge in [-0.2, -0.15) is 0 Å². The van der Waals surface area contributed by atoms with Crippen LogP contribution in [0.4, 0.5) is 10.8 Å². The molecule has 0 aliphatic carbocycles. The maximum atomic E-state index is 12.3. The Hall–Kier alpha value is -2.54. The highest BCUT2D eigenvalue weighted by atomic mass is 32.1. The molecule has 1 aliphatic rings. The lowest BCUT2D eigenvalue weighted by atomic mass is 9.97. The Labute approximate surface area is 137 Å². The van der Waals surface area contributed by atoms with Crippen LogP contribution in [-0.2, 0) is 9.59 Å². The fourth-order valence-corrected chi connectivity index (χ4v) is 3.38. The van der Waals surface area contributed by atoms with Crippen molar-refractivity contribution in [3.63, 3.8) is 0 Å². The second kappa shape index (κ2) is 5.92. The summed E-state index contributed by atoms with van der Waals surface area (Å²) >= 11 is 1.19. The van der Waals surface area contributed by atoms with Gasteiger partial charge in [-0.05, 0) is 11.6 Å². The van der Waals surface area contributed by atoms with E-state index in [1.54, 1.807) is 17.3 Å². The van der Waals surface area contributed by atoms with E-state index in [0.717, 1.165) is 11.3 Å². The number of nitrogens with zero attached hydrogens (tertiary/aromatic N) is 2. The smallest absolute Gasteiger partial charge is 0.234 e. The predicted octanol–water partition coefficient (Wildman–Crippen LogP) is 2.43. The lowest BCUT2D eigenvalue weighted by molar-refractivity contribution is -0.123. The highest BCUT2D eigenvalue weighted by Gasteiger charge is 2.36. The molecule has 1 aromatic carbocycles. The van der Waals surface area contributed by atoms with E-state index in [0.29, 0.717) is 10.8 Å². The molecule has 118 valence electrons. The molecule has 7 heteroatoms. The minimum absolute atomic E-state index is 0.0508. The molecule has 2 heterocycles. The zero-order valence-electron chi connectivity index (χ0n) is 12.7. The van der Waals surface area contributed by atoms with E-state index in [9.17, 15) is 14.4 Å².